The van der Waals surface area contributed by atoms with E-state index in [1.54, 1.807) is 57.4 Å². The number of carbonyl (C=O) groups is 1. The number of rotatable bonds is 7. The number of allylic oxidation sites excluding steroid dienone is 1. The van der Waals surface area contributed by atoms with Gasteiger partial charge in [0.2, 0.25) is 0 Å². The van der Waals surface area contributed by atoms with Crippen LogP contribution in [0.15, 0.2) is 78.5 Å². The summed E-state index contributed by atoms with van der Waals surface area (Å²) in [6.07, 6.45) is 1.54. The Morgan fingerprint density at radius 2 is 2.05 bits per heavy atom. The van der Waals surface area contributed by atoms with E-state index in [2.05, 4.69) is 20.9 Å². The van der Waals surface area contributed by atoms with E-state index in [0.29, 0.717) is 36.6 Å². The monoisotopic (exact) mass is 657 g/mol. The summed E-state index contributed by atoms with van der Waals surface area (Å²) < 4.78 is 19.0. The Labute approximate surface area is 250 Å². The number of hydrogen-bond acceptors (Lipinski definition) is 9. The number of methoxy groups -OCH3 is 1. The molecule has 4 aromatic rings. The standard InChI is InChI=1S/C28H21BrClN3O7S/c1-4-39-27(35)24-14(2)31-28-32(25(24)15-5-9-22(38-3)19(29)11-15)26(34)23(41-28)13-17-7-10-21(40-17)18-8-6-16(30)12-20(18)33(36)37/h5-13,25H,4H2,1-3H3/b23-13+/t25-/m0/s1. The zero-order valence-electron chi connectivity index (χ0n) is 21.8. The summed E-state index contributed by atoms with van der Waals surface area (Å²) in [4.78, 5) is 42.9. The highest BCUT2D eigenvalue weighted by atomic mass is 79.9. The highest BCUT2D eigenvalue weighted by molar-refractivity contribution is 9.10. The van der Waals surface area contributed by atoms with Gasteiger partial charge in [0.1, 0.15) is 17.3 Å². The van der Waals surface area contributed by atoms with Crippen molar-refractivity contribution in [3.63, 3.8) is 0 Å². The first kappa shape index (κ1) is 28.5. The van der Waals surface area contributed by atoms with Crippen molar-refractivity contribution in [1.29, 1.82) is 0 Å². The molecule has 1 atom stereocenters. The molecule has 13 heteroatoms. The smallest absolute Gasteiger partial charge is 0.338 e. The van der Waals surface area contributed by atoms with Gasteiger partial charge in [-0.2, -0.15) is 0 Å². The molecule has 3 heterocycles. The van der Waals surface area contributed by atoms with Crippen molar-refractivity contribution < 1.29 is 23.6 Å². The SMILES string of the molecule is CCOC(=O)C1=C(C)N=c2s/c(=C/c3ccc(-c4ccc(Cl)cc4[N+](=O)[O-])o3)c(=O)n2[C@H]1c1ccc(OC)c(Br)c1. The van der Waals surface area contributed by atoms with E-state index in [0.717, 1.165) is 11.3 Å². The number of esters is 1. The van der Waals surface area contributed by atoms with Crippen LogP contribution in [0, 0.1) is 10.1 Å². The molecular formula is C28H21BrClN3O7S. The van der Waals surface area contributed by atoms with Crippen molar-refractivity contribution in [2.75, 3.05) is 13.7 Å². The van der Waals surface area contributed by atoms with Gasteiger partial charge in [0.15, 0.2) is 4.80 Å². The van der Waals surface area contributed by atoms with E-state index in [4.69, 9.17) is 25.5 Å². The van der Waals surface area contributed by atoms with Gasteiger partial charge in [-0.05, 0) is 71.7 Å². The third-order valence-electron chi connectivity index (χ3n) is 6.33. The van der Waals surface area contributed by atoms with E-state index in [9.17, 15) is 19.7 Å². The molecule has 2 aromatic carbocycles. The van der Waals surface area contributed by atoms with Crippen molar-refractivity contribution in [2.45, 2.75) is 19.9 Å². The number of fused-ring (bicyclic) bond motifs is 1. The lowest BCUT2D eigenvalue weighted by atomic mass is 9.96. The molecule has 0 unspecified atom stereocenters. The van der Waals surface area contributed by atoms with Crippen molar-refractivity contribution in [3.8, 4) is 17.1 Å². The molecule has 0 fully saturated rings. The third kappa shape index (κ3) is 5.37. The number of nitrogens with zero attached hydrogens (tertiary/aromatic N) is 3. The van der Waals surface area contributed by atoms with Crippen LogP contribution in [0.3, 0.4) is 0 Å². The number of nitro benzene ring substituents is 1. The largest absolute Gasteiger partial charge is 0.496 e. The molecule has 5 rings (SSSR count). The van der Waals surface area contributed by atoms with Gasteiger partial charge < -0.3 is 13.9 Å². The summed E-state index contributed by atoms with van der Waals surface area (Å²) in [5.41, 5.74) is 0.987. The van der Waals surface area contributed by atoms with Gasteiger partial charge in [-0.25, -0.2) is 9.79 Å². The van der Waals surface area contributed by atoms with Crippen LogP contribution in [0.1, 0.15) is 31.2 Å². The number of aromatic nitrogens is 1. The first-order valence-electron chi connectivity index (χ1n) is 12.2. The number of thiazole rings is 1. The Bertz CT molecular complexity index is 1920. The maximum atomic E-state index is 13.8. The number of furan rings is 1. The zero-order chi connectivity index (χ0) is 29.4. The van der Waals surface area contributed by atoms with Crippen molar-refractivity contribution in [2.24, 2.45) is 4.99 Å². The minimum absolute atomic E-state index is 0.158. The van der Waals surface area contributed by atoms with E-state index >= 15 is 0 Å². The number of benzene rings is 2. The lowest BCUT2D eigenvalue weighted by molar-refractivity contribution is -0.384. The van der Waals surface area contributed by atoms with E-state index in [1.165, 1.54) is 22.8 Å². The normalized spacial score (nSPS) is 15.0. The third-order valence-corrected chi connectivity index (χ3v) is 8.17. The fourth-order valence-electron chi connectivity index (χ4n) is 4.53. The van der Waals surface area contributed by atoms with Crippen LogP contribution in [0.4, 0.5) is 5.69 Å². The number of halogens is 2. The molecule has 10 nitrogen and oxygen atoms in total. The first-order valence-corrected chi connectivity index (χ1v) is 14.2. The van der Waals surface area contributed by atoms with Crippen LogP contribution in [-0.2, 0) is 9.53 Å². The summed E-state index contributed by atoms with van der Waals surface area (Å²) in [7, 11) is 1.54. The number of nitro groups is 1. The fraction of sp³-hybridized carbons (Fsp3) is 0.179. The molecule has 0 amide bonds. The molecule has 0 aliphatic carbocycles. The lowest BCUT2D eigenvalue weighted by Crippen LogP contribution is -2.39. The number of ether oxygens (including phenoxy) is 2. The summed E-state index contributed by atoms with van der Waals surface area (Å²) in [5.74, 6) is 0.572. The van der Waals surface area contributed by atoms with Crippen molar-refractivity contribution >= 4 is 56.6 Å². The Morgan fingerprint density at radius 1 is 1.27 bits per heavy atom. The molecule has 0 spiro atoms. The maximum absolute atomic E-state index is 13.8. The van der Waals surface area contributed by atoms with Crippen LogP contribution in [0.5, 0.6) is 5.75 Å². The molecule has 0 saturated heterocycles. The summed E-state index contributed by atoms with van der Waals surface area (Å²) in [6.45, 7) is 3.57. The molecule has 0 saturated carbocycles. The molecule has 0 bridgehead atoms. The van der Waals surface area contributed by atoms with E-state index in [-0.39, 0.29) is 34.2 Å². The summed E-state index contributed by atoms with van der Waals surface area (Å²) in [5, 5.41) is 11.8. The van der Waals surface area contributed by atoms with Crippen molar-refractivity contribution in [3.05, 3.63) is 110 Å². The molecule has 1 aliphatic rings. The molecular weight excluding hydrogens is 638 g/mol. The van der Waals surface area contributed by atoms with Crippen LogP contribution in [0.25, 0.3) is 17.4 Å². The fourth-order valence-corrected chi connectivity index (χ4v) is 6.28. The van der Waals surface area contributed by atoms with E-state index < -0.39 is 22.5 Å². The first-order chi connectivity index (χ1) is 19.6. The van der Waals surface area contributed by atoms with Crippen LogP contribution in [0.2, 0.25) is 5.02 Å². The average Bonchev–Trinajstić information content (AvgIpc) is 3.52. The predicted octanol–water partition coefficient (Wildman–Crippen LogP) is 5.39. The van der Waals surface area contributed by atoms with Gasteiger partial charge in [0, 0.05) is 17.2 Å². The molecule has 2 aromatic heterocycles. The van der Waals surface area contributed by atoms with Crippen LogP contribution < -0.4 is 19.6 Å². The zero-order valence-corrected chi connectivity index (χ0v) is 25.0. The van der Waals surface area contributed by atoms with Gasteiger partial charge >= 0.3 is 5.97 Å². The topological polar surface area (TPSA) is 126 Å². The van der Waals surface area contributed by atoms with E-state index in [1.807, 2.05) is 0 Å². The quantitative estimate of drug-likeness (QED) is 0.148. The van der Waals surface area contributed by atoms with Crippen LogP contribution in [-0.4, -0.2) is 29.2 Å². The summed E-state index contributed by atoms with van der Waals surface area (Å²) in [6, 6.07) is 12.0. The molecule has 0 N–H and O–H groups in total. The second-order valence-corrected chi connectivity index (χ2v) is 11.1. The van der Waals surface area contributed by atoms with Gasteiger partial charge in [0.05, 0.1) is 50.5 Å². The minimum Gasteiger partial charge on any atom is -0.496 e. The highest BCUT2D eigenvalue weighted by Gasteiger charge is 2.33. The second-order valence-electron chi connectivity index (χ2n) is 8.82. The second kappa shape index (κ2) is 11.5. The molecule has 1 aliphatic heterocycles. The number of carbonyl (C=O) groups excluding carboxylic acids is 1. The van der Waals surface area contributed by atoms with Gasteiger partial charge in [0.25, 0.3) is 11.2 Å². The lowest BCUT2D eigenvalue weighted by Gasteiger charge is -2.25. The highest BCUT2D eigenvalue weighted by Crippen LogP contribution is 2.36. The maximum Gasteiger partial charge on any atom is 0.338 e. The minimum atomic E-state index is -0.807. The Balaban J connectivity index is 1.65. The molecule has 41 heavy (non-hydrogen) atoms. The molecule has 0 radical (unpaired) electrons. The average molecular weight is 659 g/mol. The molecule has 210 valence electrons. The summed E-state index contributed by atoms with van der Waals surface area (Å²) >= 11 is 10.6. The Kier molecular flexibility index (Phi) is 7.98. The predicted molar refractivity (Wildman–Crippen MR) is 157 cm³/mol. The van der Waals surface area contributed by atoms with Gasteiger partial charge in [-0.15, -0.1) is 0 Å². The van der Waals surface area contributed by atoms with Gasteiger partial charge in [-0.1, -0.05) is 29.0 Å². The Hall–Kier alpha value is -4.00. The van der Waals surface area contributed by atoms with Gasteiger partial charge in [-0.3, -0.25) is 19.5 Å². The van der Waals surface area contributed by atoms with Crippen molar-refractivity contribution in [1.82, 2.24) is 4.57 Å². The van der Waals surface area contributed by atoms with Crippen LogP contribution >= 0.6 is 38.9 Å². The number of hydrogen-bond donors (Lipinski definition) is 0. The Morgan fingerprint density at radius 3 is 2.73 bits per heavy atom.